The molecule has 4 rings (SSSR count). The Morgan fingerprint density at radius 1 is 1.07 bits per heavy atom. The Morgan fingerprint density at radius 3 is 2.59 bits per heavy atom. The van der Waals surface area contributed by atoms with Crippen LogP contribution in [0, 0.1) is 11.6 Å². The second kappa shape index (κ2) is 6.84. The van der Waals surface area contributed by atoms with E-state index in [1.54, 1.807) is 0 Å². The van der Waals surface area contributed by atoms with Crippen molar-refractivity contribution in [1.82, 2.24) is 14.5 Å². The Balaban J connectivity index is 1.91. The average molecular weight is 389 g/mol. The zero-order valence-electron chi connectivity index (χ0n) is 13.5. The van der Waals surface area contributed by atoms with Gasteiger partial charge in [-0.2, -0.15) is 4.98 Å². The van der Waals surface area contributed by atoms with Crippen molar-refractivity contribution in [2.75, 3.05) is 0 Å². The molecule has 4 aromatic rings. The van der Waals surface area contributed by atoms with Gasteiger partial charge in [0.05, 0.1) is 11.2 Å². The Kier molecular flexibility index (Phi) is 4.36. The number of halogens is 3. The molecule has 0 atom stereocenters. The lowest BCUT2D eigenvalue weighted by atomic mass is 10.2. The van der Waals surface area contributed by atoms with Gasteiger partial charge in [0.15, 0.2) is 10.3 Å². The summed E-state index contributed by atoms with van der Waals surface area (Å²) < 4.78 is 46.5. The molecule has 27 heavy (non-hydrogen) atoms. The van der Waals surface area contributed by atoms with Crippen molar-refractivity contribution in [3.05, 3.63) is 75.5 Å². The number of hydrogen-bond acceptors (Lipinski definition) is 5. The molecular weight excluding hydrogens is 379 g/mol. The summed E-state index contributed by atoms with van der Waals surface area (Å²) in [5.74, 6) is -1.18. The van der Waals surface area contributed by atoms with E-state index in [4.69, 9.17) is 4.74 Å². The lowest BCUT2D eigenvalue weighted by Gasteiger charge is -2.13. The Bertz CT molecular complexity index is 1190. The van der Waals surface area contributed by atoms with Gasteiger partial charge in [-0.3, -0.25) is 4.79 Å². The highest BCUT2D eigenvalue weighted by atomic mass is 32.1. The maximum atomic E-state index is 13.7. The summed E-state index contributed by atoms with van der Waals surface area (Å²) in [6.07, 6.45) is 0. The molecule has 0 spiro atoms. The predicted octanol–water partition coefficient (Wildman–Crippen LogP) is 4.38. The van der Waals surface area contributed by atoms with Crippen LogP contribution < -0.4 is 10.3 Å². The first-order chi connectivity index (χ1) is 13.0. The Labute approximate surface area is 154 Å². The Hall–Kier alpha value is -3.20. The van der Waals surface area contributed by atoms with Gasteiger partial charge in [0.1, 0.15) is 24.1 Å². The first-order valence-corrected chi connectivity index (χ1v) is 8.58. The monoisotopic (exact) mass is 389 g/mol. The number of ether oxygens (including phenoxy) is 1. The summed E-state index contributed by atoms with van der Waals surface area (Å²) in [6, 6.07) is 8.35. The normalized spacial score (nSPS) is 11.1. The van der Waals surface area contributed by atoms with Gasteiger partial charge in [-0.05, 0) is 42.0 Å². The molecule has 0 radical (unpaired) electrons. The molecule has 0 aliphatic heterocycles. The van der Waals surface area contributed by atoms with Crippen LogP contribution in [0.25, 0.3) is 16.0 Å². The van der Waals surface area contributed by atoms with Crippen LogP contribution in [0.3, 0.4) is 0 Å². The minimum absolute atomic E-state index is 0.0192. The number of fused-ring (bicyclic) bond motifs is 1. The van der Waals surface area contributed by atoms with E-state index in [-0.39, 0.29) is 22.8 Å². The summed E-state index contributed by atoms with van der Waals surface area (Å²) in [7, 11) is 0. The molecule has 2 aromatic carbocycles. The molecule has 136 valence electrons. The van der Waals surface area contributed by atoms with Crippen LogP contribution in [0.1, 0.15) is 5.56 Å². The van der Waals surface area contributed by atoms with E-state index in [0.29, 0.717) is 10.5 Å². The van der Waals surface area contributed by atoms with Crippen LogP contribution in [0.5, 0.6) is 11.8 Å². The second-order valence-corrected chi connectivity index (χ2v) is 6.38. The van der Waals surface area contributed by atoms with Gasteiger partial charge in [0.25, 0.3) is 5.56 Å². The summed E-state index contributed by atoms with van der Waals surface area (Å²) in [5.41, 5.74) is 1.44. The standard InChI is InChI=1S/C18H10F3N3O2S/c19-8-10-5-12(21)7-14(6-10)26-18-23-16-15(22-9-27-16)17(25)24(18)13-3-1-11(20)2-4-13/h1-7,9H,8H2. The minimum Gasteiger partial charge on any atom is -0.425 e. The van der Waals surface area contributed by atoms with E-state index < -0.39 is 23.9 Å². The Morgan fingerprint density at radius 2 is 1.85 bits per heavy atom. The SMILES string of the molecule is O=c1c2ncsc2nc(Oc2cc(F)cc(CF)c2)n1-c1ccc(F)cc1. The maximum Gasteiger partial charge on any atom is 0.311 e. The van der Waals surface area contributed by atoms with Gasteiger partial charge >= 0.3 is 6.01 Å². The highest BCUT2D eigenvalue weighted by Gasteiger charge is 2.17. The van der Waals surface area contributed by atoms with Crippen LogP contribution in [0.4, 0.5) is 13.2 Å². The van der Waals surface area contributed by atoms with E-state index >= 15 is 0 Å². The first-order valence-electron chi connectivity index (χ1n) is 7.70. The molecule has 2 aromatic heterocycles. The number of thiazole rings is 1. The van der Waals surface area contributed by atoms with E-state index in [1.165, 1.54) is 35.8 Å². The topological polar surface area (TPSA) is 57.0 Å². The molecule has 2 heterocycles. The van der Waals surface area contributed by atoms with Gasteiger partial charge in [0, 0.05) is 6.07 Å². The number of alkyl halides is 1. The molecule has 0 saturated carbocycles. The third kappa shape index (κ3) is 3.28. The van der Waals surface area contributed by atoms with Crippen LogP contribution >= 0.6 is 11.3 Å². The largest absolute Gasteiger partial charge is 0.425 e. The number of rotatable bonds is 4. The van der Waals surface area contributed by atoms with Gasteiger partial charge < -0.3 is 4.74 Å². The average Bonchev–Trinajstić information content (AvgIpc) is 3.11. The molecule has 0 saturated heterocycles. The van der Waals surface area contributed by atoms with Crippen molar-refractivity contribution in [1.29, 1.82) is 0 Å². The number of benzene rings is 2. The van der Waals surface area contributed by atoms with E-state index in [2.05, 4.69) is 9.97 Å². The fourth-order valence-electron chi connectivity index (χ4n) is 2.54. The molecule has 5 nitrogen and oxygen atoms in total. The van der Waals surface area contributed by atoms with Crippen LogP contribution in [0.2, 0.25) is 0 Å². The zero-order chi connectivity index (χ0) is 19.0. The molecule has 0 unspecified atom stereocenters. The quantitative estimate of drug-likeness (QED) is 0.520. The van der Waals surface area contributed by atoms with Crippen molar-refractivity contribution in [2.45, 2.75) is 6.67 Å². The molecule has 0 fully saturated rings. The van der Waals surface area contributed by atoms with E-state index in [0.717, 1.165) is 28.0 Å². The summed E-state index contributed by atoms with van der Waals surface area (Å²) in [4.78, 5) is 21.4. The highest BCUT2D eigenvalue weighted by Crippen LogP contribution is 2.26. The first kappa shape index (κ1) is 17.2. The van der Waals surface area contributed by atoms with Crippen molar-refractivity contribution >= 4 is 21.7 Å². The molecule has 0 aliphatic carbocycles. The fraction of sp³-hybridized carbons (Fsp3) is 0.0556. The molecule has 9 heteroatoms. The number of aromatic nitrogens is 3. The highest BCUT2D eigenvalue weighted by molar-refractivity contribution is 7.16. The summed E-state index contributed by atoms with van der Waals surface area (Å²) >= 11 is 1.13. The van der Waals surface area contributed by atoms with Gasteiger partial charge in [-0.15, -0.1) is 11.3 Å². The molecule has 0 amide bonds. The second-order valence-electron chi connectivity index (χ2n) is 5.55. The summed E-state index contributed by atoms with van der Waals surface area (Å²) in [6.45, 7) is -0.875. The third-order valence-electron chi connectivity index (χ3n) is 3.72. The van der Waals surface area contributed by atoms with Gasteiger partial charge in [-0.1, -0.05) is 0 Å². The predicted molar refractivity (Wildman–Crippen MR) is 94.3 cm³/mol. The zero-order valence-corrected chi connectivity index (χ0v) is 14.3. The van der Waals surface area contributed by atoms with Crippen molar-refractivity contribution in [3.63, 3.8) is 0 Å². The van der Waals surface area contributed by atoms with Crippen LogP contribution in [0.15, 0.2) is 52.8 Å². The summed E-state index contributed by atoms with van der Waals surface area (Å²) in [5, 5.41) is 0. The van der Waals surface area contributed by atoms with E-state index in [1.807, 2.05) is 0 Å². The van der Waals surface area contributed by atoms with Crippen molar-refractivity contribution in [2.24, 2.45) is 0 Å². The molecule has 0 N–H and O–H groups in total. The van der Waals surface area contributed by atoms with Crippen molar-refractivity contribution in [3.8, 4) is 17.4 Å². The number of nitrogens with zero attached hydrogens (tertiary/aromatic N) is 3. The van der Waals surface area contributed by atoms with Crippen LogP contribution in [-0.2, 0) is 6.67 Å². The maximum absolute atomic E-state index is 13.7. The third-order valence-corrected chi connectivity index (χ3v) is 4.44. The molecular formula is C18H10F3N3O2S. The van der Waals surface area contributed by atoms with Crippen LogP contribution in [-0.4, -0.2) is 14.5 Å². The fourth-order valence-corrected chi connectivity index (χ4v) is 3.18. The minimum atomic E-state index is -0.875. The van der Waals surface area contributed by atoms with Gasteiger partial charge in [-0.25, -0.2) is 22.7 Å². The lowest BCUT2D eigenvalue weighted by Crippen LogP contribution is -2.21. The molecule has 0 aliphatic rings. The smallest absolute Gasteiger partial charge is 0.311 e. The van der Waals surface area contributed by atoms with Crippen molar-refractivity contribution < 1.29 is 17.9 Å². The number of hydrogen-bond donors (Lipinski definition) is 0. The van der Waals surface area contributed by atoms with Gasteiger partial charge in [0.2, 0.25) is 0 Å². The van der Waals surface area contributed by atoms with E-state index in [9.17, 15) is 18.0 Å². The lowest BCUT2D eigenvalue weighted by molar-refractivity contribution is 0.420. The molecule has 0 bridgehead atoms.